The summed E-state index contributed by atoms with van der Waals surface area (Å²) in [6.45, 7) is 2.36. The first-order valence-electron chi connectivity index (χ1n) is 3.25. The molecule has 0 aromatic heterocycles. The van der Waals surface area contributed by atoms with Crippen LogP contribution in [0.4, 0.5) is 0 Å². The van der Waals surface area contributed by atoms with Crippen LogP contribution >= 0.6 is 18.4 Å². The largest absolute Gasteiger partial charge is 0.391 e. The molecule has 5 heteroatoms. The molecule has 1 rings (SSSR count). The van der Waals surface area contributed by atoms with Gasteiger partial charge < -0.3 is 5.11 Å². The molecule has 58 valence electrons. The summed E-state index contributed by atoms with van der Waals surface area (Å²) >= 11 is 0. The smallest absolute Gasteiger partial charge is 0.0728 e. The van der Waals surface area contributed by atoms with Crippen molar-refractivity contribution in [3.05, 3.63) is 0 Å². The molecule has 0 saturated carbocycles. The number of hydrogen-bond acceptors (Lipinski definition) is 3. The van der Waals surface area contributed by atoms with Crippen LogP contribution in [0.25, 0.3) is 0 Å². The van der Waals surface area contributed by atoms with E-state index in [0.29, 0.717) is 12.5 Å². The Morgan fingerprint density at radius 1 is 1.70 bits per heavy atom. The minimum atomic E-state index is -0.211. The lowest BCUT2D eigenvalue weighted by molar-refractivity contribution is 0.150. The molecule has 1 fully saturated rings. The van der Waals surface area contributed by atoms with Crippen molar-refractivity contribution in [2.45, 2.75) is 6.10 Å². The Bertz CT molecular complexity index is 133. The highest BCUT2D eigenvalue weighted by Gasteiger charge is 2.28. The van der Waals surface area contributed by atoms with Crippen LogP contribution in [-0.2, 0) is 0 Å². The van der Waals surface area contributed by atoms with E-state index in [1.54, 1.807) is 0 Å². The van der Waals surface area contributed by atoms with E-state index in [9.17, 15) is 5.11 Å². The molecule has 1 unspecified atom stereocenters. The van der Waals surface area contributed by atoms with Crippen molar-refractivity contribution < 1.29 is 5.11 Å². The maximum atomic E-state index is 9.35. The standard InChI is InChI=1S/C5H12N2OP2/c8-5-3-7(10)2-4(5)1-6-9/h4-5,8-9H,1-3,10H2/t4-,5+/m1/s1. The maximum Gasteiger partial charge on any atom is 0.0728 e. The van der Waals surface area contributed by atoms with Gasteiger partial charge >= 0.3 is 0 Å². The predicted octanol–water partition coefficient (Wildman–Crippen LogP) is 0.396. The third-order valence-electron chi connectivity index (χ3n) is 1.76. The van der Waals surface area contributed by atoms with Gasteiger partial charge in [-0.3, -0.25) is 9.42 Å². The average molecular weight is 178 g/mol. The first kappa shape index (κ1) is 8.55. The number of aliphatic hydroxyl groups excluding tert-OH is 1. The van der Waals surface area contributed by atoms with Crippen molar-refractivity contribution in [2.75, 3.05) is 19.6 Å². The Labute approximate surface area is 65.4 Å². The van der Waals surface area contributed by atoms with Gasteiger partial charge in [0.05, 0.1) is 6.10 Å². The predicted molar refractivity (Wildman–Crippen MR) is 46.4 cm³/mol. The number of aliphatic hydroxyl groups is 1. The van der Waals surface area contributed by atoms with E-state index in [4.69, 9.17) is 0 Å². The summed E-state index contributed by atoms with van der Waals surface area (Å²) in [4.78, 5) is 0. The zero-order valence-corrected chi connectivity index (χ0v) is 7.85. The molecule has 0 radical (unpaired) electrons. The SMILES string of the molecule is O[C@H]1CN(P)C[C@H]1CN=P. The lowest BCUT2D eigenvalue weighted by atomic mass is 10.1. The molecule has 0 spiro atoms. The molecule has 0 amide bonds. The summed E-state index contributed by atoms with van der Waals surface area (Å²) in [7, 11) is 5.63. The van der Waals surface area contributed by atoms with Crippen molar-refractivity contribution in [1.82, 2.24) is 4.67 Å². The maximum absolute atomic E-state index is 9.35. The normalized spacial score (nSPS) is 34.6. The Morgan fingerprint density at radius 2 is 2.40 bits per heavy atom. The Kier molecular flexibility index (Phi) is 3.19. The topological polar surface area (TPSA) is 35.8 Å². The van der Waals surface area contributed by atoms with Gasteiger partial charge in [-0.15, -0.1) is 0 Å². The van der Waals surface area contributed by atoms with E-state index >= 15 is 0 Å². The third-order valence-corrected chi connectivity index (χ3v) is 2.36. The van der Waals surface area contributed by atoms with Gasteiger partial charge in [0.25, 0.3) is 0 Å². The molecule has 1 saturated heterocycles. The second-order valence-corrected chi connectivity index (χ2v) is 3.67. The summed E-state index contributed by atoms with van der Waals surface area (Å²) in [6.07, 6.45) is -0.211. The van der Waals surface area contributed by atoms with Crippen molar-refractivity contribution in [3.63, 3.8) is 0 Å². The first-order valence-corrected chi connectivity index (χ1v) is 4.21. The van der Waals surface area contributed by atoms with Crippen LogP contribution in [0.3, 0.4) is 0 Å². The average Bonchev–Trinajstić information content (AvgIpc) is 2.13. The van der Waals surface area contributed by atoms with Gasteiger partial charge in [0, 0.05) is 25.6 Å². The molecule has 1 N–H and O–H groups in total. The van der Waals surface area contributed by atoms with Crippen LogP contribution in [0.1, 0.15) is 0 Å². The van der Waals surface area contributed by atoms with E-state index < -0.39 is 0 Å². The summed E-state index contributed by atoms with van der Waals surface area (Å²) in [6, 6.07) is 0. The summed E-state index contributed by atoms with van der Waals surface area (Å²) in [5, 5.41) is 9.35. The van der Waals surface area contributed by atoms with Crippen molar-refractivity contribution in [1.29, 1.82) is 0 Å². The molecule has 1 heterocycles. The number of hydrogen-bond donors (Lipinski definition) is 1. The molecule has 10 heavy (non-hydrogen) atoms. The number of rotatable bonds is 2. The lowest BCUT2D eigenvalue weighted by Gasteiger charge is -2.07. The van der Waals surface area contributed by atoms with Crippen LogP contribution in [0.2, 0.25) is 0 Å². The molecule has 0 aliphatic carbocycles. The first-order chi connectivity index (χ1) is 4.74. The Hall–Kier alpha value is 0.450. The van der Waals surface area contributed by atoms with Gasteiger partial charge in [-0.2, -0.15) is 0 Å². The highest BCUT2D eigenvalue weighted by atomic mass is 31.0. The van der Waals surface area contributed by atoms with Gasteiger partial charge in [0.15, 0.2) is 0 Å². The monoisotopic (exact) mass is 178 g/mol. The minimum absolute atomic E-state index is 0.211. The molecule has 0 aromatic carbocycles. The zero-order chi connectivity index (χ0) is 7.56. The summed E-state index contributed by atoms with van der Waals surface area (Å²) in [5.74, 6) is 0.301. The van der Waals surface area contributed by atoms with Crippen LogP contribution in [-0.4, -0.2) is 35.5 Å². The highest BCUT2D eigenvalue weighted by Crippen LogP contribution is 2.20. The molecular formula is C5H12N2OP2. The van der Waals surface area contributed by atoms with Gasteiger partial charge in [-0.1, -0.05) is 9.39 Å². The van der Waals surface area contributed by atoms with Crippen molar-refractivity contribution in [2.24, 2.45) is 10.7 Å². The van der Waals surface area contributed by atoms with Gasteiger partial charge in [0.2, 0.25) is 0 Å². The second kappa shape index (κ2) is 3.73. The third kappa shape index (κ3) is 1.96. The Morgan fingerprint density at radius 3 is 2.80 bits per heavy atom. The number of nitrogens with zero attached hydrogens (tertiary/aromatic N) is 2. The fourth-order valence-corrected chi connectivity index (χ4v) is 1.90. The molecular weight excluding hydrogens is 166 g/mol. The van der Waals surface area contributed by atoms with Gasteiger partial charge in [0.1, 0.15) is 0 Å². The molecule has 1 aliphatic heterocycles. The van der Waals surface area contributed by atoms with Crippen LogP contribution in [0.5, 0.6) is 0 Å². The van der Waals surface area contributed by atoms with E-state index in [2.05, 4.69) is 23.2 Å². The quantitative estimate of drug-likeness (QED) is 0.621. The van der Waals surface area contributed by atoms with E-state index in [0.717, 1.165) is 13.1 Å². The minimum Gasteiger partial charge on any atom is -0.391 e. The summed E-state index contributed by atoms with van der Waals surface area (Å²) < 4.78 is 5.85. The highest BCUT2D eigenvalue weighted by molar-refractivity contribution is 7.13. The fourth-order valence-electron chi connectivity index (χ4n) is 1.18. The van der Waals surface area contributed by atoms with E-state index in [-0.39, 0.29) is 6.10 Å². The molecule has 0 bridgehead atoms. The molecule has 1 aliphatic rings. The van der Waals surface area contributed by atoms with Crippen LogP contribution in [0, 0.1) is 5.92 Å². The fraction of sp³-hybridized carbons (Fsp3) is 1.00. The van der Waals surface area contributed by atoms with Crippen molar-refractivity contribution in [3.8, 4) is 0 Å². The zero-order valence-electron chi connectivity index (χ0n) is 5.70. The molecule has 3 atom stereocenters. The van der Waals surface area contributed by atoms with Crippen LogP contribution < -0.4 is 0 Å². The molecule has 3 nitrogen and oxygen atoms in total. The van der Waals surface area contributed by atoms with Crippen LogP contribution in [0.15, 0.2) is 4.74 Å². The van der Waals surface area contributed by atoms with Gasteiger partial charge in [-0.05, 0) is 9.03 Å². The molecule has 0 aromatic rings. The van der Waals surface area contributed by atoms with Crippen molar-refractivity contribution >= 4 is 18.4 Å². The van der Waals surface area contributed by atoms with Gasteiger partial charge in [-0.25, -0.2) is 0 Å². The van der Waals surface area contributed by atoms with E-state index in [1.807, 2.05) is 4.67 Å². The number of β-amino-alcohol motifs (C(OH)–C–C–N with tert-alkyl or cyclic N) is 1. The van der Waals surface area contributed by atoms with E-state index in [1.165, 1.54) is 0 Å². The summed E-state index contributed by atoms with van der Waals surface area (Å²) in [5.41, 5.74) is 0. The second-order valence-electron chi connectivity index (χ2n) is 2.62. The Balaban J connectivity index is 2.38. The lowest BCUT2D eigenvalue weighted by Crippen LogP contribution is -2.19.